The highest BCUT2D eigenvalue weighted by Crippen LogP contribution is 2.29. The molecule has 8 saturated heterocycles. The molecule has 6 aromatic heterocycles. The monoisotopic (exact) mass is 1430 g/mol. The van der Waals surface area contributed by atoms with Gasteiger partial charge in [-0.2, -0.15) is 0 Å². The molecule has 566 valence electrons. The number of carbonyl (C=O) groups is 1. The van der Waals surface area contributed by atoms with E-state index in [4.69, 9.17) is 23.7 Å². The van der Waals surface area contributed by atoms with Crippen LogP contribution in [0.15, 0.2) is 98.1 Å². The highest BCUT2D eigenvalue weighted by atomic mass is 16.6. The summed E-state index contributed by atoms with van der Waals surface area (Å²) < 4.78 is 29.3. The van der Waals surface area contributed by atoms with E-state index in [2.05, 4.69) is 146 Å². The highest BCUT2D eigenvalue weighted by Gasteiger charge is 2.29. The Morgan fingerprint density at radius 1 is 0.371 bits per heavy atom. The number of anilines is 6. The highest BCUT2D eigenvalue weighted by molar-refractivity contribution is 6.75. The predicted octanol–water partition coefficient (Wildman–Crippen LogP) is 13.2. The molecule has 22 nitrogen and oxygen atoms in total. The van der Waals surface area contributed by atoms with Crippen LogP contribution in [0.5, 0.6) is 23.0 Å². The van der Waals surface area contributed by atoms with E-state index in [1.54, 1.807) is 4.90 Å². The van der Waals surface area contributed by atoms with E-state index in [0.717, 1.165) is 234 Å². The number of hydrogen-bond donors (Lipinski definition) is 1. The second-order valence-electron chi connectivity index (χ2n) is 30.3. The van der Waals surface area contributed by atoms with E-state index in [0.29, 0.717) is 30.3 Å². The minimum Gasteiger partial charge on any atom is -0.492 e. The van der Waals surface area contributed by atoms with Crippen molar-refractivity contribution in [1.82, 2.24) is 50.1 Å². The molecule has 1 amide bonds. The third-order valence-electron chi connectivity index (χ3n) is 21.3. The van der Waals surface area contributed by atoms with Crippen molar-refractivity contribution >= 4 is 56.7 Å². The quantitative estimate of drug-likeness (QED) is 0.0707. The minimum atomic E-state index is -0.440. The van der Waals surface area contributed by atoms with E-state index in [9.17, 15) is 4.79 Å². The van der Waals surface area contributed by atoms with E-state index in [1.807, 2.05) is 76.4 Å². The average Bonchev–Trinajstić information content (AvgIpc) is 0.867. The number of ether oxygens (including phenoxy) is 5. The van der Waals surface area contributed by atoms with Crippen molar-refractivity contribution < 1.29 is 28.5 Å². The summed E-state index contributed by atoms with van der Waals surface area (Å²) in [7, 11) is 8.00. The van der Waals surface area contributed by atoms with Crippen molar-refractivity contribution in [2.24, 2.45) is 23.7 Å². The zero-order valence-electron chi connectivity index (χ0n) is 64.1. The number of aromatic nitrogens is 8. The summed E-state index contributed by atoms with van der Waals surface area (Å²) >= 11 is 0. The number of likely N-dealkylation sites (tertiary alicyclic amines) is 1. The molecule has 0 bridgehead atoms. The molecule has 14 heterocycles. The molecule has 0 saturated carbocycles. The summed E-state index contributed by atoms with van der Waals surface area (Å²) in [4.78, 5) is 64.3. The maximum atomic E-state index is 12.1. The summed E-state index contributed by atoms with van der Waals surface area (Å²) in [6.07, 6.45) is 41.3. The first-order chi connectivity index (χ1) is 51.4. The fourth-order valence-electron chi connectivity index (χ4n) is 14.6. The molecule has 24 heteroatoms. The lowest BCUT2D eigenvalue weighted by Gasteiger charge is -2.33. The lowest BCUT2D eigenvalue weighted by atomic mass is 9.81. The van der Waals surface area contributed by atoms with Gasteiger partial charge in [0.2, 0.25) is 11.9 Å². The van der Waals surface area contributed by atoms with E-state index in [1.165, 1.54) is 101 Å². The smallest absolute Gasteiger partial charge is 0.410 e. The molecule has 0 atom stereocenters. The second kappa shape index (κ2) is 43.1. The lowest BCUT2D eigenvalue weighted by Crippen LogP contribution is -2.42. The standard InChI is InChI=1S/2C22H31N5O.C21H33N3O3.C16H25N3O.B2/c2*1-2-18-14-24-22(25-15-18)27-12-8-19(9-13-27)17-28-20-6-7-21(23-16-20)26-10-4-3-5-11-26;1-21(2,3)27-20(25)24-13-9-17(10-14-24)16-26-18-7-8-19(22-15-18)23-11-5-4-6-12-23;1-2-10-19(11-3-1)16-5-4-15(12-18-16)20-13-14-6-8-17-9-7-14;1-2/h2*6-7,14-16,19H,2-5,8-13,17H2,1H3;7-8,15,17H,4-6,9-14,16H2,1-3H3;4-5,12,14,17H,1-3,6-11,13H2;. The predicted molar refractivity (Wildman–Crippen MR) is 424 cm³/mol. The van der Waals surface area contributed by atoms with Crippen LogP contribution in [-0.2, 0) is 17.6 Å². The zero-order chi connectivity index (χ0) is 73.3. The topological polar surface area (TPSA) is 201 Å². The summed E-state index contributed by atoms with van der Waals surface area (Å²) in [5, 5.41) is 3.38. The molecular weight excluding hydrogens is 1310 g/mol. The third-order valence-corrected chi connectivity index (χ3v) is 21.3. The Kier molecular flexibility index (Phi) is 32.7. The number of aryl methyl sites for hydroxylation is 2. The number of nitrogens with one attached hydrogen (secondary N) is 1. The molecule has 14 rings (SSSR count). The summed E-state index contributed by atoms with van der Waals surface area (Å²) in [6.45, 7) is 29.6. The van der Waals surface area contributed by atoms with Crippen molar-refractivity contribution in [1.29, 1.82) is 0 Å². The Bertz CT molecular complexity index is 3200. The molecule has 0 aliphatic carbocycles. The molecule has 1 N–H and O–H groups in total. The minimum absolute atomic E-state index is 0.209. The first-order valence-electron chi connectivity index (χ1n) is 39.9. The largest absolute Gasteiger partial charge is 0.492 e. The maximum Gasteiger partial charge on any atom is 0.410 e. The number of pyridine rings is 4. The van der Waals surface area contributed by atoms with Crippen LogP contribution in [0, 0.1) is 23.7 Å². The van der Waals surface area contributed by atoms with Crippen molar-refractivity contribution in [3.8, 4) is 23.0 Å². The molecule has 4 radical (unpaired) electrons. The van der Waals surface area contributed by atoms with Gasteiger partial charge in [0.15, 0.2) is 0 Å². The average molecular weight is 1440 g/mol. The number of rotatable bonds is 20. The number of nitrogens with zero attached hydrogens (tertiary/aromatic N) is 15. The Hall–Kier alpha value is -7.88. The molecule has 8 fully saturated rings. The number of amides is 1. The molecule has 8 aliphatic rings. The fraction of sp³-hybridized carbons (Fsp3) is 0.642. The third kappa shape index (κ3) is 26.5. The molecular formula is C81H120B2N16O6. The Morgan fingerprint density at radius 3 is 0.905 bits per heavy atom. The fourth-order valence-corrected chi connectivity index (χ4v) is 14.6. The van der Waals surface area contributed by atoms with E-state index < -0.39 is 5.60 Å². The van der Waals surface area contributed by atoms with Gasteiger partial charge in [-0.15, -0.1) is 0 Å². The van der Waals surface area contributed by atoms with Gasteiger partial charge in [-0.3, -0.25) is 0 Å². The van der Waals surface area contributed by atoms with Gasteiger partial charge in [0.05, 0.1) is 51.2 Å². The van der Waals surface area contributed by atoms with Gasteiger partial charge in [-0.1, -0.05) is 13.8 Å². The van der Waals surface area contributed by atoms with Gasteiger partial charge in [0, 0.05) is 132 Å². The first-order valence-corrected chi connectivity index (χ1v) is 39.9. The molecule has 0 unspecified atom stereocenters. The SMILES string of the molecule is CC(C)(C)OC(=O)N1CCC(COc2ccc(N3CCCCC3)nc2)CC1.CCc1cnc(N2CCC(COc3ccc(N4CCCCC4)nc3)CC2)nc1.CCc1cnc(N2CCC(COc3ccc(N4CCCCC4)nc3)CC2)nc1.[B][B].c1cc(N2CCCCC2)ncc1OCC1CCNCC1. The number of piperidine rings is 8. The molecule has 105 heavy (non-hydrogen) atoms. The van der Waals surface area contributed by atoms with Gasteiger partial charge >= 0.3 is 6.09 Å². The van der Waals surface area contributed by atoms with Gasteiger partial charge in [-0.25, -0.2) is 44.7 Å². The van der Waals surface area contributed by atoms with Crippen LogP contribution in [0.3, 0.4) is 0 Å². The Balaban J connectivity index is 0.000000150. The van der Waals surface area contributed by atoms with Gasteiger partial charge in [-0.05, 0) is 258 Å². The van der Waals surface area contributed by atoms with Crippen LogP contribution < -0.4 is 53.7 Å². The van der Waals surface area contributed by atoms with Crippen molar-refractivity contribution in [2.75, 3.05) is 161 Å². The Labute approximate surface area is 630 Å². The molecule has 0 aromatic carbocycles. The van der Waals surface area contributed by atoms with Crippen molar-refractivity contribution in [2.45, 2.75) is 181 Å². The van der Waals surface area contributed by atoms with Crippen LogP contribution >= 0.6 is 0 Å². The first kappa shape index (κ1) is 79.7. The zero-order valence-corrected chi connectivity index (χ0v) is 64.1. The van der Waals surface area contributed by atoms with E-state index >= 15 is 0 Å². The molecule has 0 spiro atoms. The van der Waals surface area contributed by atoms with Gasteiger partial charge in [0.25, 0.3) is 0 Å². The van der Waals surface area contributed by atoms with Crippen LogP contribution in [0.1, 0.15) is 174 Å². The second-order valence-corrected chi connectivity index (χ2v) is 30.3. The number of carbonyl (C=O) groups excluding carboxylic acids is 1. The van der Waals surface area contributed by atoms with Gasteiger partial charge < -0.3 is 63.3 Å². The summed E-state index contributed by atoms with van der Waals surface area (Å²) in [5.74, 6) is 11.8. The maximum absolute atomic E-state index is 12.1. The van der Waals surface area contributed by atoms with E-state index in [-0.39, 0.29) is 6.09 Å². The summed E-state index contributed by atoms with van der Waals surface area (Å²) in [6, 6.07) is 16.6. The van der Waals surface area contributed by atoms with Gasteiger partial charge in [0.1, 0.15) is 51.9 Å². The Morgan fingerprint density at radius 2 is 0.648 bits per heavy atom. The molecule has 6 aromatic rings. The van der Waals surface area contributed by atoms with Crippen molar-refractivity contribution in [3.63, 3.8) is 0 Å². The molecule has 8 aliphatic heterocycles. The van der Waals surface area contributed by atoms with Crippen LogP contribution in [-0.4, -0.2) is 203 Å². The number of hydrogen-bond acceptors (Lipinski definition) is 21. The van der Waals surface area contributed by atoms with Crippen LogP contribution in [0.2, 0.25) is 0 Å². The normalized spacial score (nSPS) is 18.7. The van der Waals surface area contributed by atoms with Crippen LogP contribution in [0.4, 0.5) is 40.0 Å². The van der Waals surface area contributed by atoms with Crippen LogP contribution in [0.25, 0.3) is 0 Å². The summed E-state index contributed by atoms with van der Waals surface area (Å²) in [5.41, 5.74) is 1.93. The van der Waals surface area contributed by atoms with Crippen molar-refractivity contribution in [3.05, 3.63) is 109 Å². The lowest BCUT2D eigenvalue weighted by molar-refractivity contribution is 0.0164.